The third-order valence-electron chi connectivity index (χ3n) is 3.13. The fourth-order valence-electron chi connectivity index (χ4n) is 2.04. The summed E-state index contributed by atoms with van der Waals surface area (Å²) in [6, 6.07) is 7.87. The highest BCUT2D eigenvalue weighted by molar-refractivity contribution is 7.99. The van der Waals surface area contributed by atoms with Crippen LogP contribution in [0.15, 0.2) is 24.3 Å². The van der Waals surface area contributed by atoms with Gasteiger partial charge < -0.3 is 15.4 Å². The van der Waals surface area contributed by atoms with E-state index in [1.807, 2.05) is 36.0 Å². The summed E-state index contributed by atoms with van der Waals surface area (Å²) in [5.74, 6) is 3.12. The van der Waals surface area contributed by atoms with Crippen LogP contribution in [0.2, 0.25) is 0 Å². The van der Waals surface area contributed by atoms with Crippen molar-refractivity contribution >= 4 is 23.4 Å². The van der Waals surface area contributed by atoms with E-state index >= 15 is 0 Å². The molecule has 0 saturated carbocycles. The van der Waals surface area contributed by atoms with Gasteiger partial charge in [0.1, 0.15) is 5.75 Å². The van der Waals surface area contributed by atoms with E-state index in [0.29, 0.717) is 12.6 Å². The van der Waals surface area contributed by atoms with Gasteiger partial charge in [0, 0.05) is 17.8 Å². The molecule has 4 nitrogen and oxygen atoms in total. The molecule has 1 fully saturated rings. The number of carbonyl (C=O) groups excluding carboxylic acids is 1. The molecule has 0 atom stereocenters. The van der Waals surface area contributed by atoms with Crippen molar-refractivity contribution in [3.8, 4) is 5.75 Å². The molecule has 2 N–H and O–H groups in total. The van der Waals surface area contributed by atoms with Gasteiger partial charge in [-0.3, -0.25) is 4.79 Å². The summed E-state index contributed by atoms with van der Waals surface area (Å²) in [4.78, 5) is 11.8. The number of ether oxygens (including phenoxy) is 1. The smallest absolute Gasteiger partial charge is 0.238 e. The number of carbonyl (C=O) groups is 1. The van der Waals surface area contributed by atoms with Crippen LogP contribution >= 0.6 is 11.8 Å². The van der Waals surface area contributed by atoms with E-state index in [1.165, 1.54) is 11.5 Å². The van der Waals surface area contributed by atoms with Crippen molar-refractivity contribution in [2.24, 2.45) is 0 Å². The van der Waals surface area contributed by atoms with Crippen LogP contribution in [-0.4, -0.2) is 37.1 Å². The van der Waals surface area contributed by atoms with Crippen LogP contribution in [-0.2, 0) is 4.79 Å². The Labute approximate surface area is 118 Å². The summed E-state index contributed by atoms with van der Waals surface area (Å²) in [6.45, 7) is 0.368. The van der Waals surface area contributed by atoms with Crippen LogP contribution in [0, 0.1) is 0 Å². The third-order valence-corrected chi connectivity index (χ3v) is 4.17. The highest BCUT2D eigenvalue weighted by atomic mass is 32.2. The molecule has 0 aromatic heterocycles. The number of anilines is 1. The quantitative estimate of drug-likeness (QED) is 0.867. The van der Waals surface area contributed by atoms with Crippen molar-refractivity contribution in [2.45, 2.75) is 18.9 Å². The van der Waals surface area contributed by atoms with Gasteiger partial charge in [0.25, 0.3) is 0 Å². The Balaban J connectivity index is 1.76. The lowest BCUT2D eigenvalue weighted by Gasteiger charge is -2.22. The molecule has 1 amide bonds. The van der Waals surface area contributed by atoms with Gasteiger partial charge in [0.15, 0.2) is 0 Å². The van der Waals surface area contributed by atoms with Gasteiger partial charge in [0.05, 0.1) is 13.7 Å². The summed E-state index contributed by atoms with van der Waals surface area (Å²) >= 11 is 1.99. The molecule has 1 aromatic carbocycles. The molecule has 104 valence electrons. The number of benzene rings is 1. The highest BCUT2D eigenvalue weighted by Gasteiger charge is 2.14. The first-order valence-corrected chi connectivity index (χ1v) is 7.68. The van der Waals surface area contributed by atoms with Crippen LogP contribution in [0.25, 0.3) is 0 Å². The minimum atomic E-state index is -0.00789. The van der Waals surface area contributed by atoms with E-state index in [4.69, 9.17) is 4.74 Å². The predicted molar refractivity (Wildman–Crippen MR) is 80.0 cm³/mol. The first-order valence-electron chi connectivity index (χ1n) is 6.53. The Bertz CT molecular complexity index is 420. The first-order chi connectivity index (χ1) is 9.28. The maximum atomic E-state index is 11.8. The number of nitrogens with one attached hydrogen (secondary N) is 2. The number of amides is 1. The molecule has 0 radical (unpaired) electrons. The molecule has 1 aliphatic rings. The lowest BCUT2D eigenvalue weighted by atomic mass is 10.1. The molecule has 1 saturated heterocycles. The first kappa shape index (κ1) is 14.2. The molecule has 1 aromatic rings. The average molecular weight is 280 g/mol. The van der Waals surface area contributed by atoms with E-state index in [0.717, 1.165) is 24.3 Å². The van der Waals surface area contributed by atoms with Gasteiger partial charge in [-0.1, -0.05) is 6.07 Å². The summed E-state index contributed by atoms with van der Waals surface area (Å²) < 4.78 is 5.12. The molecule has 2 rings (SSSR count). The van der Waals surface area contributed by atoms with Crippen molar-refractivity contribution < 1.29 is 9.53 Å². The summed E-state index contributed by atoms with van der Waals surface area (Å²) in [6.07, 6.45) is 2.30. The predicted octanol–water partition coefficient (Wildman–Crippen LogP) is 2.12. The van der Waals surface area contributed by atoms with Gasteiger partial charge in [-0.05, 0) is 36.5 Å². The number of methoxy groups -OCH3 is 1. The van der Waals surface area contributed by atoms with Crippen molar-refractivity contribution in [3.63, 3.8) is 0 Å². The van der Waals surface area contributed by atoms with Crippen LogP contribution in [0.3, 0.4) is 0 Å². The molecule has 19 heavy (non-hydrogen) atoms. The molecular formula is C14H20N2O2S. The molecular weight excluding hydrogens is 260 g/mol. The fraction of sp³-hybridized carbons (Fsp3) is 0.500. The SMILES string of the molecule is COc1cccc(NC(=O)CNC2CCSCC2)c1. The Morgan fingerprint density at radius 2 is 2.21 bits per heavy atom. The lowest BCUT2D eigenvalue weighted by Crippen LogP contribution is -2.38. The van der Waals surface area contributed by atoms with Gasteiger partial charge in [-0.15, -0.1) is 0 Å². The maximum Gasteiger partial charge on any atom is 0.238 e. The Morgan fingerprint density at radius 1 is 1.42 bits per heavy atom. The number of hydrogen-bond acceptors (Lipinski definition) is 4. The zero-order chi connectivity index (χ0) is 13.5. The van der Waals surface area contributed by atoms with E-state index in [2.05, 4.69) is 10.6 Å². The summed E-state index contributed by atoms with van der Waals surface area (Å²) in [5.41, 5.74) is 0.769. The molecule has 0 unspecified atom stereocenters. The summed E-state index contributed by atoms with van der Waals surface area (Å²) in [5, 5.41) is 6.18. The molecule has 0 spiro atoms. The standard InChI is InChI=1S/C14H20N2O2S/c1-18-13-4-2-3-12(9-13)16-14(17)10-15-11-5-7-19-8-6-11/h2-4,9,11,15H,5-8,10H2,1H3,(H,16,17). The van der Waals surface area contributed by atoms with Crippen molar-refractivity contribution in [3.05, 3.63) is 24.3 Å². The van der Waals surface area contributed by atoms with E-state index < -0.39 is 0 Å². The number of rotatable bonds is 5. The van der Waals surface area contributed by atoms with Crippen LogP contribution in [0.4, 0.5) is 5.69 Å². The zero-order valence-corrected chi connectivity index (χ0v) is 12.0. The second kappa shape index (κ2) is 7.40. The van der Waals surface area contributed by atoms with Crippen molar-refractivity contribution in [2.75, 3.05) is 30.5 Å². The Hall–Kier alpha value is -1.20. The van der Waals surface area contributed by atoms with E-state index in [1.54, 1.807) is 7.11 Å². The molecule has 1 aliphatic heterocycles. The van der Waals surface area contributed by atoms with Crippen LogP contribution in [0.1, 0.15) is 12.8 Å². The number of hydrogen-bond donors (Lipinski definition) is 2. The molecule has 5 heteroatoms. The van der Waals surface area contributed by atoms with Crippen LogP contribution in [0.5, 0.6) is 5.75 Å². The Morgan fingerprint density at radius 3 is 2.95 bits per heavy atom. The van der Waals surface area contributed by atoms with Gasteiger partial charge in [0.2, 0.25) is 5.91 Å². The second-order valence-electron chi connectivity index (χ2n) is 4.55. The largest absolute Gasteiger partial charge is 0.497 e. The van der Waals surface area contributed by atoms with Gasteiger partial charge in [-0.2, -0.15) is 11.8 Å². The maximum absolute atomic E-state index is 11.8. The van der Waals surface area contributed by atoms with Gasteiger partial charge in [-0.25, -0.2) is 0 Å². The monoisotopic (exact) mass is 280 g/mol. The minimum absolute atomic E-state index is 0.00789. The topological polar surface area (TPSA) is 50.4 Å². The van der Waals surface area contributed by atoms with Crippen molar-refractivity contribution in [1.29, 1.82) is 0 Å². The number of thioether (sulfide) groups is 1. The van der Waals surface area contributed by atoms with Gasteiger partial charge >= 0.3 is 0 Å². The minimum Gasteiger partial charge on any atom is -0.497 e. The van der Waals surface area contributed by atoms with Crippen molar-refractivity contribution in [1.82, 2.24) is 5.32 Å². The van der Waals surface area contributed by atoms with E-state index in [9.17, 15) is 4.79 Å². The normalized spacial score (nSPS) is 16.1. The fourth-order valence-corrected chi connectivity index (χ4v) is 3.15. The molecule has 0 aliphatic carbocycles. The molecule has 1 heterocycles. The van der Waals surface area contributed by atoms with Crippen LogP contribution < -0.4 is 15.4 Å². The summed E-state index contributed by atoms with van der Waals surface area (Å²) in [7, 11) is 1.61. The zero-order valence-electron chi connectivity index (χ0n) is 11.1. The Kier molecular flexibility index (Phi) is 5.54. The third kappa shape index (κ3) is 4.76. The average Bonchev–Trinajstić information content (AvgIpc) is 2.46. The highest BCUT2D eigenvalue weighted by Crippen LogP contribution is 2.17. The lowest BCUT2D eigenvalue weighted by molar-refractivity contribution is -0.115. The van der Waals surface area contributed by atoms with E-state index in [-0.39, 0.29) is 5.91 Å². The molecule has 0 bridgehead atoms. The second-order valence-corrected chi connectivity index (χ2v) is 5.77.